The topological polar surface area (TPSA) is 45.3 Å². The molecule has 0 unspecified atom stereocenters. The molecule has 1 aromatic carbocycles. The zero-order chi connectivity index (χ0) is 13.4. The molecule has 1 aliphatic rings. The summed E-state index contributed by atoms with van der Waals surface area (Å²) in [6.07, 6.45) is 1.79. The van der Waals surface area contributed by atoms with Crippen LogP contribution < -0.4 is 9.64 Å². The van der Waals surface area contributed by atoms with Gasteiger partial charge in [0.15, 0.2) is 0 Å². The lowest BCUT2D eigenvalue weighted by Gasteiger charge is -2.29. The lowest BCUT2D eigenvalue weighted by atomic mass is 10.1. The van der Waals surface area contributed by atoms with Gasteiger partial charge in [-0.25, -0.2) is 0 Å². The Balaban J connectivity index is 2.00. The van der Waals surface area contributed by atoms with Crippen LogP contribution in [0, 0.1) is 13.8 Å². The largest absolute Gasteiger partial charge is 0.490 e. The van der Waals surface area contributed by atoms with Crippen LogP contribution in [0.1, 0.15) is 21.6 Å². The second-order valence-corrected chi connectivity index (χ2v) is 4.79. The smallest absolute Gasteiger partial charge is 0.260 e. The molecular formula is C15H16N2O2. The molecule has 19 heavy (non-hydrogen) atoms. The van der Waals surface area contributed by atoms with Crippen LogP contribution in [0.15, 0.2) is 30.5 Å². The first-order chi connectivity index (χ1) is 9.16. The molecule has 0 saturated heterocycles. The van der Waals surface area contributed by atoms with E-state index in [1.54, 1.807) is 11.1 Å². The highest BCUT2D eigenvalue weighted by atomic mass is 16.5. The Morgan fingerprint density at radius 2 is 2.16 bits per heavy atom. The first kappa shape index (κ1) is 11.8. The van der Waals surface area contributed by atoms with E-state index < -0.39 is 0 Å². The second-order valence-electron chi connectivity index (χ2n) is 4.79. The molecule has 0 fully saturated rings. The average molecular weight is 256 g/mol. The van der Waals surface area contributed by atoms with Crippen molar-refractivity contribution in [3.8, 4) is 5.75 Å². The Morgan fingerprint density at radius 3 is 2.89 bits per heavy atom. The summed E-state index contributed by atoms with van der Waals surface area (Å²) in [6, 6.07) is 7.74. The highest BCUT2D eigenvalue weighted by Crippen LogP contribution is 2.33. The Labute approximate surface area is 112 Å². The van der Waals surface area contributed by atoms with Gasteiger partial charge in [-0.05, 0) is 37.6 Å². The van der Waals surface area contributed by atoms with Gasteiger partial charge in [-0.15, -0.1) is 0 Å². The van der Waals surface area contributed by atoms with Crippen LogP contribution in [0.5, 0.6) is 5.75 Å². The van der Waals surface area contributed by atoms with Crippen molar-refractivity contribution in [2.75, 3.05) is 18.1 Å². The number of aromatic amines is 1. The number of H-pyrrole nitrogens is 1. The first-order valence-corrected chi connectivity index (χ1v) is 6.36. The van der Waals surface area contributed by atoms with E-state index in [2.05, 4.69) is 4.98 Å². The van der Waals surface area contributed by atoms with E-state index >= 15 is 0 Å². The molecule has 0 saturated carbocycles. The Morgan fingerprint density at radius 1 is 1.32 bits per heavy atom. The van der Waals surface area contributed by atoms with Crippen molar-refractivity contribution in [1.82, 2.24) is 4.98 Å². The zero-order valence-corrected chi connectivity index (χ0v) is 11.1. The van der Waals surface area contributed by atoms with Crippen molar-refractivity contribution in [2.24, 2.45) is 0 Å². The number of aryl methyl sites for hydroxylation is 2. The van der Waals surface area contributed by atoms with Gasteiger partial charge in [0.05, 0.1) is 17.8 Å². The van der Waals surface area contributed by atoms with Crippen molar-refractivity contribution in [1.29, 1.82) is 0 Å². The number of carbonyl (C=O) groups is 1. The molecule has 0 spiro atoms. The summed E-state index contributed by atoms with van der Waals surface area (Å²) in [6.45, 7) is 5.04. The molecule has 0 radical (unpaired) electrons. The standard InChI is InChI=1S/C15H16N2O2/c1-10-3-4-13-14(9-10)19-8-7-17(13)15(18)12-5-6-16-11(12)2/h3-6,9,16H,7-8H2,1-2H3. The minimum absolute atomic E-state index is 0.0205. The van der Waals surface area contributed by atoms with E-state index in [-0.39, 0.29) is 5.91 Å². The molecule has 4 nitrogen and oxygen atoms in total. The molecule has 0 bridgehead atoms. The van der Waals surface area contributed by atoms with Gasteiger partial charge in [-0.1, -0.05) is 6.07 Å². The number of hydrogen-bond acceptors (Lipinski definition) is 2. The van der Waals surface area contributed by atoms with E-state index in [1.807, 2.05) is 38.1 Å². The number of anilines is 1. The van der Waals surface area contributed by atoms with Crippen LogP contribution in [-0.4, -0.2) is 24.0 Å². The van der Waals surface area contributed by atoms with Crippen molar-refractivity contribution in [3.05, 3.63) is 47.3 Å². The summed E-state index contributed by atoms with van der Waals surface area (Å²) in [7, 11) is 0. The Kier molecular flexibility index (Phi) is 2.78. The molecule has 1 N–H and O–H groups in total. The number of fused-ring (bicyclic) bond motifs is 1. The Bertz CT molecular complexity index is 631. The van der Waals surface area contributed by atoms with Crippen LogP contribution in [0.4, 0.5) is 5.69 Å². The monoisotopic (exact) mass is 256 g/mol. The molecule has 1 aliphatic heterocycles. The van der Waals surface area contributed by atoms with Crippen molar-refractivity contribution >= 4 is 11.6 Å². The molecule has 0 atom stereocenters. The molecular weight excluding hydrogens is 240 g/mol. The van der Waals surface area contributed by atoms with Crippen LogP contribution >= 0.6 is 0 Å². The van der Waals surface area contributed by atoms with Crippen LogP contribution in [0.3, 0.4) is 0 Å². The summed E-state index contributed by atoms with van der Waals surface area (Å²) in [5.41, 5.74) is 3.59. The third kappa shape index (κ3) is 1.99. The van der Waals surface area contributed by atoms with Gasteiger partial charge in [0.2, 0.25) is 0 Å². The maximum absolute atomic E-state index is 12.6. The highest BCUT2D eigenvalue weighted by Gasteiger charge is 2.25. The van der Waals surface area contributed by atoms with Gasteiger partial charge in [0.25, 0.3) is 5.91 Å². The van der Waals surface area contributed by atoms with E-state index in [1.165, 1.54) is 0 Å². The summed E-state index contributed by atoms with van der Waals surface area (Å²) in [4.78, 5) is 17.4. The molecule has 1 amide bonds. The molecule has 4 heteroatoms. The van der Waals surface area contributed by atoms with Gasteiger partial charge in [0, 0.05) is 11.9 Å². The number of carbonyl (C=O) groups excluding carboxylic acids is 1. The summed E-state index contributed by atoms with van der Waals surface area (Å²) in [5, 5.41) is 0. The van der Waals surface area contributed by atoms with Gasteiger partial charge >= 0.3 is 0 Å². The van der Waals surface area contributed by atoms with E-state index in [0.717, 1.165) is 22.7 Å². The minimum Gasteiger partial charge on any atom is -0.490 e. The number of nitrogens with zero attached hydrogens (tertiary/aromatic N) is 1. The van der Waals surface area contributed by atoms with Gasteiger partial charge in [-0.2, -0.15) is 0 Å². The quantitative estimate of drug-likeness (QED) is 0.852. The van der Waals surface area contributed by atoms with Crippen LogP contribution in [0.25, 0.3) is 0 Å². The molecule has 0 aliphatic carbocycles. The second kappa shape index (κ2) is 4.46. The summed E-state index contributed by atoms with van der Waals surface area (Å²) < 4.78 is 5.63. The van der Waals surface area contributed by atoms with Crippen molar-refractivity contribution < 1.29 is 9.53 Å². The molecule has 3 rings (SSSR count). The number of hydrogen-bond donors (Lipinski definition) is 1. The van der Waals surface area contributed by atoms with E-state index in [9.17, 15) is 4.79 Å². The number of nitrogens with one attached hydrogen (secondary N) is 1. The number of rotatable bonds is 1. The number of ether oxygens (including phenoxy) is 1. The van der Waals surface area contributed by atoms with E-state index in [4.69, 9.17) is 4.74 Å². The van der Waals surface area contributed by atoms with Gasteiger partial charge < -0.3 is 14.6 Å². The summed E-state index contributed by atoms with van der Waals surface area (Å²) in [5.74, 6) is 0.806. The van der Waals surface area contributed by atoms with Crippen LogP contribution in [0.2, 0.25) is 0 Å². The fourth-order valence-corrected chi connectivity index (χ4v) is 2.37. The molecule has 2 heterocycles. The average Bonchev–Trinajstić information content (AvgIpc) is 2.83. The predicted octanol–water partition coefficient (Wildman–Crippen LogP) is 2.67. The number of amides is 1. The predicted molar refractivity (Wildman–Crippen MR) is 73.9 cm³/mol. The summed E-state index contributed by atoms with van der Waals surface area (Å²) >= 11 is 0. The van der Waals surface area contributed by atoms with Crippen molar-refractivity contribution in [3.63, 3.8) is 0 Å². The number of aromatic nitrogens is 1. The van der Waals surface area contributed by atoms with E-state index in [0.29, 0.717) is 18.7 Å². The normalized spacial score (nSPS) is 13.9. The highest BCUT2D eigenvalue weighted by molar-refractivity contribution is 6.07. The lowest BCUT2D eigenvalue weighted by molar-refractivity contribution is 0.0976. The zero-order valence-electron chi connectivity index (χ0n) is 11.1. The molecule has 98 valence electrons. The van der Waals surface area contributed by atoms with Gasteiger partial charge in [-0.3, -0.25) is 4.79 Å². The third-order valence-electron chi connectivity index (χ3n) is 3.41. The maximum atomic E-state index is 12.6. The first-order valence-electron chi connectivity index (χ1n) is 6.36. The molecule has 2 aromatic rings. The maximum Gasteiger partial charge on any atom is 0.260 e. The van der Waals surface area contributed by atoms with Crippen molar-refractivity contribution in [2.45, 2.75) is 13.8 Å². The minimum atomic E-state index is 0.0205. The fraction of sp³-hybridized carbons (Fsp3) is 0.267. The third-order valence-corrected chi connectivity index (χ3v) is 3.41. The van der Waals surface area contributed by atoms with Gasteiger partial charge in [0.1, 0.15) is 12.4 Å². The SMILES string of the molecule is Cc1ccc2c(c1)OCCN2C(=O)c1cc[nH]c1C. The fourth-order valence-electron chi connectivity index (χ4n) is 2.37. The Hall–Kier alpha value is -2.23. The molecule has 1 aromatic heterocycles. The number of benzene rings is 1. The lowest BCUT2D eigenvalue weighted by Crippen LogP contribution is -2.38. The van der Waals surface area contributed by atoms with Crippen LogP contribution in [-0.2, 0) is 0 Å².